The number of nitrogens with one attached hydrogen (secondary N) is 2. The molecule has 0 aliphatic heterocycles. The van der Waals surface area contributed by atoms with Gasteiger partial charge in [-0.3, -0.25) is 4.99 Å². The van der Waals surface area contributed by atoms with Gasteiger partial charge in [-0.2, -0.15) is 0 Å². The van der Waals surface area contributed by atoms with Gasteiger partial charge in [0.1, 0.15) is 11.5 Å². The van der Waals surface area contributed by atoms with Crippen LogP contribution in [0, 0.1) is 0 Å². The van der Waals surface area contributed by atoms with Gasteiger partial charge in [-0.1, -0.05) is 19.0 Å². The van der Waals surface area contributed by atoms with Crippen molar-refractivity contribution in [2.75, 3.05) is 27.3 Å². The van der Waals surface area contributed by atoms with E-state index in [-0.39, 0.29) is 0 Å². The van der Waals surface area contributed by atoms with Crippen LogP contribution in [0.3, 0.4) is 0 Å². The molecule has 0 atom stereocenters. The summed E-state index contributed by atoms with van der Waals surface area (Å²) in [6.07, 6.45) is 0.854. The number of methoxy groups -OCH3 is 1. The second kappa shape index (κ2) is 10.3. The molecule has 0 fully saturated rings. The molecule has 0 spiro atoms. The summed E-state index contributed by atoms with van der Waals surface area (Å²) in [7, 11) is 3.39. The number of aliphatic imine (C=N–C) groups is 1. The van der Waals surface area contributed by atoms with E-state index >= 15 is 0 Å². The normalized spacial score (nSPS) is 11.5. The first-order valence-electron chi connectivity index (χ1n) is 8.79. The molecule has 7 heteroatoms. The molecule has 1 aromatic carbocycles. The topological polar surface area (TPSA) is 80.9 Å². The van der Waals surface area contributed by atoms with Crippen LogP contribution >= 0.6 is 0 Å². The van der Waals surface area contributed by atoms with E-state index < -0.39 is 0 Å². The van der Waals surface area contributed by atoms with Crippen LogP contribution in [0.4, 0.5) is 0 Å². The van der Waals surface area contributed by atoms with E-state index in [1.54, 1.807) is 14.2 Å². The number of aromatic nitrogens is 1. The highest BCUT2D eigenvalue weighted by atomic mass is 16.5. The first kappa shape index (κ1) is 19.6. The maximum absolute atomic E-state index is 5.70. The summed E-state index contributed by atoms with van der Waals surface area (Å²) in [6.45, 7) is 6.09. The van der Waals surface area contributed by atoms with Crippen molar-refractivity contribution >= 4 is 5.96 Å². The predicted octanol–water partition coefficient (Wildman–Crippen LogP) is 2.94. The third-order valence-corrected chi connectivity index (χ3v) is 3.76. The molecule has 0 aliphatic rings. The summed E-state index contributed by atoms with van der Waals surface area (Å²) in [6, 6.07) is 9.53. The maximum Gasteiger partial charge on any atom is 0.191 e. The summed E-state index contributed by atoms with van der Waals surface area (Å²) >= 11 is 0. The molecule has 2 aromatic rings. The van der Waals surface area contributed by atoms with Crippen molar-refractivity contribution in [1.82, 2.24) is 15.8 Å². The Labute approximate surface area is 154 Å². The lowest BCUT2D eigenvalue weighted by Gasteiger charge is -2.11. The zero-order chi connectivity index (χ0) is 18.8. The Kier molecular flexibility index (Phi) is 7.79. The van der Waals surface area contributed by atoms with Gasteiger partial charge in [0.25, 0.3) is 0 Å². The summed E-state index contributed by atoms with van der Waals surface area (Å²) in [5, 5.41) is 10.5. The van der Waals surface area contributed by atoms with Crippen LogP contribution in [0.2, 0.25) is 0 Å². The Morgan fingerprint density at radius 1 is 1.19 bits per heavy atom. The molecule has 142 valence electrons. The fraction of sp³-hybridized carbons (Fsp3) is 0.474. The van der Waals surface area contributed by atoms with Crippen LogP contribution in [0.15, 0.2) is 39.8 Å². The van der Waals surface area contributed by atoms with Crippen molar-refractivity contribution in [3.05, 3.63) is 41.8 Å². The minimum atomic E-state index is 0.357. The van der Waals surface area contributed by atoms with Crippen molar-refractivity contribution in [1.29, 1.82) is 0 Å². The Balaban J connectivity index is 1.63. The average Bonchev–Trinajstić information content (AvgIpc) is 3.14. The predicted molar refractivity (Wildman–Crippen MR) is 102 cm³/mol. The van der Waals surface area contributed by atoms with E-state index in [9.17, 15) is 0 Å². The fourth-order valence-corrected chi connectivity index (χ4v) is 2.22. The summed E-state index contributed by atoms with van der Waals surface area (Å²) in [5.74, 6) is 3.52. The minimum Gasteiger partial charge on any atom is -0.497 e. The highest BCUT2D eigenvalue weighted by Gasteiger charge is 2.08. The molecule has 1 aromatic heterocycles. The lowest BCUT2D eigenvalue weighted by atomic mass is 10.1. The SMILES string of the molecule is CN=C(NCCCOc1ccc(OC)cc1)NCc1cc(C(C)C)no1. The Hall–Kier alpha value is -2.70. The number of ether oxygens (including phenoxy) is 2. The van der Waals surface area contributed by atoms with Crippen LogP contribution in [0.5, 0.6) is 11.5 Å². The van der Waals surface area contributed by atoms with Crippen molar-refractivity contribution in [3.8, 4) is 11.5 Å². The molecule has 2 rings (SSSR count). The van der Waals surface area contributed by atoms with E-state index in [4.69, 9.17) is 14.0 Å². The number of rotatable bonds is 9. The monoisotopic (exact) mass is 360 g/mol. The van der Waals surface area contributed by atoms with Gasteiger partial charge in [-0.05, 0) is 36.6 Å². The van der Waals surface area contributed by atoms with Gasteiger partial charge in [-0.25, -0.2) is 0 Å². The number of guanidine groups is 1. The number of benzene rings is 1. The number of hydrogen-bond acceptors (Lipinski definition) is 5. The van der Waals surface area contributed by atoms with Crippen molar-refractivity contribution in [2.24, 2.45) is 4.99 Å². The van der Waals surface area contributed by atoms with E-state index in [0.29, 0.717) is 19.1 Å². The van der Waals surface area contributed by atoms with Crippen molar-refractivity contribution in [2.45, 2.75) is 32.7 Å². The molecular formula is C19H28N4O3. The van der Waals surface area contributed by atoms with E-state index in [1.165, 1.54) is 0 Å². The zero-order valence-electron chi connectivity index (χ0n) is 15.9. The van der Waals surface area contributed by atoms with Gasteiger partial charge in [-0.15, -0.1) is 0 Å². The smallest absolute Gasteiger partial charge is 0.191 e. The minimum absolute atomic E-state index is 0.357. The second-order valence-corrected chi connectivity index (χ2v) is 6.10. The molecule has 0 radical (unpaired) electrons. The summed E-state index contributed by atoms with van der Waals surface area (Å²) < 4.78 is 16.1. The van der Waals surface area contributed by atoms with Gasteiger partial charge in [0.05, 0.1) is 26.0 Å². The first-order chi connectivity index (χ1) is 12.6. The molecule has 0 amide bonds. The lowest BCUT2D eigenvalue weighted by Crippen LogP contribution is -2.37. The summed E-state index contributed by atoms with van der Waals surface area (Å²) in [5.41, 5.74) is 0.959. The molecule has 0 saturated carbocycles. The third-order valence-electron chi connectivity index (χ3n) is 3.76. The molecule has 2 N–H and O–H groups in total. The van der Waals surface area contributed by atoms with Crippen LogP contribution < -0.4 is 20.1 Å². The Bertz CT molecular complexity index is 680. The van der Waals surface area contributed by atoms with E-state index in [0.717, 1.165) is 41.9 Å². The first-order valence-corrected chi connectivity index (χ1v) is 8.79. The maximum atomic E-state index is 5.70. The highest BCUT2D eigenvalue weighted by molar-refractivity contribution is 5.79. The molecule has 0 aliphatic carbocycles. The number of nitrogens with zero attached hydrogens (tertiary/aromatic N) is 2. The number of hydrogen-bond donors (Lipinski definition) is 2. The second-order valence-electron chi connectivity index (χ2n) is 6.10. The molecule has 26 heavy (non-hydrogen) atoms. The Morgan fingerprint density at radius 2 is 1.92 bits per heavy atom. The van der Waals surface area contributed by atoms with Crippen LogP contribution in [-0.2, 0) is 6.54 Å². The van der Waals surface area contributed by atoms with Gasteiger partial charge >= 0.3 is 0 Å². The van der Waals surface area contributed by atoms with Crippen molar-refractivity contribution in [3.63, 3.8) is 0 Å². The molecule has 0 unspecified atom stereocenters. The average molecular weight is 360 g/mol. The fourth-order valence-electron chi connectivity index (χ4n) is 2.22. The molecule has 0 saturated heterocycles. The lowest BCUT2D eigenvalue weighted by molar-refractivity contribution is 0.310. The largest absolute Gasteiger partial charge is 0.497 e. The van der Waals surface area contributed by atoms with Crippen LogP contribution in [0.25, 0.3) is 0 Å². The molecule has 1 heterocycles. The third kappa shape index (κ3) is 6.31. The quantitative estimate of drug-likeness (QED) is 0.407. The van der Waals surface area contributed by atoms with Crippen LogP contribution in [0.1, 0.15) is 37.6 Å². The van der Waals surface area contributed by atoms with Gasteiger partial charge in [0, 0.05) is 19.7 Å². The summed E-state index contributed by atoms with van der Waals surface area (Å²) in [4.78, 5) is 4.20. The van der Waals surface area contributed by atoms with Crippen LogP contribution in [-0.4, -0.2) is 38.4 Å². The van der Waals surface area contributed by atoms with Gasteiger partial charge < -0.3 is 24.6 Å². The van der Waals surface area contributed by atoms with E-state index in [2.05, 4.69) is 34.6 Å². The molecule has 7 nitrogen and oxygen atoms in total. The van der Waals surface area contributed by atoms with Gasteiger partial charge in [0.2, 0.25) is 0 Å². The zero-order valence-corrected chi connectivity index (χ0v) is 15.9. The molecule has 0 bridgehead atoms. The standard InChI is InChI=1S/C19H28N4O3/c1-14(2)18-12-17(26-23-18)13-22-19(20-3)21-10-5-11-25-16-8-6-15(24-4)7-9-16/h6-9,12,14H,5,10-11,13H2,1-4H3,(H2,20,21,22). The molecular weight excluding hydrogens is 332 g/mol. The van der Waals surface area contributed by atoms with E-state index in [1.807, 2.05) is 30.3 Å². The highest BCUT2D eigenvalue weighted by Crippen LogP contribution is 2.17. The Morgan fingerprint density at radius 3 is 2.54 bits per heavy atom. The van der Waals surface area contributed by atoms with Gasteiger partial charge in [0.15, 0.2) is 11.7 Å². The van der Waals surface area contributed by atoms with Crippen molar-refractivity contribution < 1.29 is 14.0 Å².